The summed E-state index contributed by atoms with van der Waals surface area (Å²) in [5.41, 5.74) is -0.348. The number of anilines is 1. The molecule has 2 rings (SSSR count). The van der Waals surface area contributed by atoms with E-state index in [1.165, 1.54) is 0 Å². The largest absolute Gasteiger partial charge is 0.357 e. The smallest absolute Gasteiger partial charge is 0.289 e. The molecule has 9 nitrogen and oxygen atoms in total. The molecule has 1 fully saturated rings. The number of nitriles is 1. The van der Waals surface area contributed by atoms with Gasteiger partial charge in [-0.25, -0.2) is 4.98 Å². The van der Waals surface area contributed by atoms with Crippen LogP contribution in [0, 0.1) is 21.4 Å². The molecule has 2 N–H and O–H groups in total. The minimum absolute atomic E-state index is 0.0381. The summed E-state index contributed by atoms with van der Waals surface area (Å²) in [6.45, 7) is 0. The van der Waals surface area contributed by atoms with E-state index in [1.54, 1.807) is 6.07 Å². The lowest BCUT2D eigenvalue weighted by Gasteiger charge is -2.22. The fraction of sp³-hybridized carbons (Fsp3) is 0.273. The minimum atomic E-state index is -0.700. The van der Waals surface area contributed by atoms with Gasteiger partial charge >= 0.3 is 0 Å². The molecule has 1 saturated heterocycles. The lowest BCUT2D eigenvalue weighted by molar-refractivity contribution is -0.385. The molecule has 2 heterocycles. The van der Waals surface area contributed by atoms with Crippen molar-refractivity contribution in [1.29, 1.82) is 5.26 Å². The quantitative estimate of drug-likeness (QED) is 0.452. The van der Waals surface area contributed by atoms with Crippen LogP contribution >= 0.6 is 0 Å². The number of hydrogen-bond donors (Lipinski definition) is 2. The zero-order valence-corrected chi connectivity index (χ0v) is 10.1. The highest BCUT2D eigenvalue weighted by atomic mass is 16.6. The second kappa shape index (κ2) is 5.31. The number of rotatable bonds is 3. The summed E-state index contributed by atoms with van der Waals surface area (Å²) in [4.78, 5) is 36.3. The molecule has 20 heavy (non-hydrogen) atoms. The van der Waals surface area contributed by atoms with Gasteiger partial charge in [-0.3, -0.25) is 25.0 Å². The molecule has 1 unspecified atom stereocenters. The number of carbonyl (C=O) groups excluding carboxylic acids is 2. The van der Waals surface area contributed by atoms with Gasteiger partial charge in [0.1, 0.15) is 29.7 Å². The second-order valence-electron chi connectivity index (χ2n) is 4.11. The average Bonchev–Trinajstić information content (AvgIpc) is 2.42. The van der Waals surface area contributed by atoms with Crippen LogP contribution in [0.15, 0.2) is 12.3 Å². The number of carbonyl (C=O) groups is 2. The van der Waals surface area contributed by atoms with Crippen molar-refractivity contribution in [3.63, 3.8) is 0 Å². The first-order valence-corrected chi connectivity index (χ1v) is 5.66. The average molecular weight is 275 g/mol. The number of nitro groups is 1. The van der Waals surface area contributed by atoms with Gasteiger partial charge < -0.3 is 5.32 Å². The molecule has 9 heteroatoms. The van der Waals surface area contributed by atoms with E-state index in [9.17, 15) is 19.7 Å². The Kier molecular flexibility index (Phi) is 3.56. The van der Waals surface area contributed by atoms with E-state index in [0.717, 1.165) is 12.3 Å². The summed E-state index contributed by atoms with van der Waals surface area (Å²) in [6.07, 6.45) is 1.45. The summed E-state index contributed by atoms with van der Waals surface area (Å²) in [5.74, 6) is -0.789. The van der Waals surface area contributed by atoms with E-state index in [1.807, 2.05) is 0 Å². The summed E-state index contributed by atoms with van der Waals surface area (Å²) in [7, 11) is 0. The van der Waals surface area contributed by atoms with Gasteiger partial charge in [-0.1, -0.05) is 0 Å². The fourth-order valence-corrected chi connectivity index (χ4v) is 1.75. The second-order valence-corrected chi connectivity index (χ2v) is 4.11. The van der Waals surface area contributed by atoms with Crippen LogP contribution in [0.2, 0.25) is 0 Å². The van der Waals surface area contributed by atoms with Gasteiger partial charge in [0.15, 0.2) is 0 Å². The van der Waals surface area contributed by atoms with Gasteiger partial charge in [0.2, 0.25) is 11.8 Å². The number of piperidine rings is 1. The lowest BCUT2D eigenvalue weighted by atomic mass is 10.1. The first kappa shape index (κ1) is 13.4. The maximum Gasteiger partial charge on any atom is 0.289 e. The monoisotopic (exact) mass is 275 g/mol. The molecule has 1 aromatic rings. The number of imide groups is 1. The van der Waals surface area contributed by atoms with Crippen molar-refractivity contribution in [2.45, 2.75) is 18.9 Å². The Morgan fingerprint density at radius 2 is 2.30 bits per heavy atom. The van der Waals surface area contributed by atoms with Crippen LogP contribution in [0.1, 0.15) is 18.4 Å². The predicted octanol–water partition coefficient (Wildman–Crippen LogP) is 0.0786. The van der Waals surface area contributed by atoms with E-state index in [2.05, 4.69) is 15.6 Å². The topological polar surface area (TPSA) is 138 Å². The van der Waals surface area contributed by atoms with Crippen LogP contribution in [0.5, 0.6) is 0 Å². The van der Waals surface area contributed by atoms with Crippen LogP contribution in [0.4, 0.5) is 11.5 Å². The number of nitrogens with zero attached hydrogens (tertiary/aromatic N) is 3. The standard InChI is InChI=1S/C11H9N5O4/c12-4-6-3-7(16(19)20)5-13-10(6)14-8-1-2-9(17)15-11(8)18/h3,5,8H,1-2H2,(H,13,14)(H,15,17,18). The maximum absolute atomic E-state index is 11.6. The third-order valence-electron chi connectivity index (χ3n) is 2.75. The first-order valence-electron chi connectivity index (χ1n) is 5.66. The molecule has 1 aliphatic rings. The number of aromatic nitrogens is 1. The molecule has 0 aromatic carbocycles. The van der Waals surface area contributed by atoms with Crippen LogP contribution in [0.25, 0.3) is 0 Å². The zero-order valence-electron chi connectivity index (χ0n) is 10.1. The normalized spacial score (nSPS) is 18.1. The molecular formula is C11H9N5O4. The minimum Gasteiger partial charge on any atom is -0.357 e. The Morgan fingerprint density at radius 1 is 1.55 bits per heavy atom. The molecule has 1 atom stereocenters. The highest BCUT2D eigenvalue weighted by molar-refractivity contribution is 6.01. The molecular weight excluding hydrogens is 266 g/mol. The SMILES string of the molecule is N#Cc1cc([N+](=O)[O-])cnc1NC1CCC(=O)NC1=O. The molecule has 102 valence electrons. The molecule has 0 radical (unpaired) electrons. The number of hydrogen-bond acceptors (Lipinski definition) is 7. The first-order chi connectivity index (χ1) is 9.51. The third-order valence-corrected chi connectivity index (χ3v) is 2.75. The van der Waals surface area contributed by atoms with Gasteiger partial charge in [-0.05, 0) is 6.42 Å². The molecule has 0 bridgehead atoms. The molecule has 1 aromatic heterocycles. The highest BCUT2D eigenvalue weighted by Gasteiger charge is 2.27. The maximum atomic E-state index is 11.6. The van der Waals surface area contributed by atoms with Crippen LogP contribution in [-0.4, -0.2) is 27.8 Å². The number of pyridine rings is 1. The van der Waals surface area contributed by atoms with Crippen molar-refractivity contribution in [3.05, 3.63) is 27.9 Å². The Labute approximate surface area is 112 Å². The number of amides is 2. The van der Waals surface area contributed by atoms with E-state index < -0.39 is 16.9 Å². The van der Waals surface area contributed by atoms with Crippen LogP contribution in [0.3, 0.4) is 0 Å². The van der Waals surface area contributed by atoms with E-state index in [4.69, 9.17) is 5.26 Å². The van der Waals surface area contributed by atoms with E-state index >= 15 is 0 Å². The Hall–Kier alpha value is -3.02. The van der Waals surface area contributed by atoms with Crippen molar-refractivity contribution < 1.29 is 14.5 Å². The molecule has 0 spiro atoms. The van der Waals surface area contributed by atoms with Gasteiger partial charge in [0.25, 0.3) is 5.69 Å². The van der Waals surface area contributed by atoms with Gasteiger partial charge in [-0.2, -0.15) is 5.26 Å². The third kappa shape index (κ3) is 2.69. The van der Waals surface area contributed by atoms with Crippen molar-refractivity contribution in [2.24, 2.45) is 0 Å². The van der Waals surface area contributed by atoms with Crippen molar-refractivity contribution >= 4 is 23.3 Å². The predicted molar refractivity (Wildman–Crippen MR) is 65.4 cm³/mol. The molecule has 0 saturated carbocycles. The molecule has 1 aliphatic heterocycles. The highest BCUT2D eigenvalue weighted by Crippen LogP contribution is 2.20. The molecule has 2 amide bonds. The molecule has 0 aliphatic carbocycles. The van der Waals surface area contributed by atoms with Crippen LogP contribution in [-0.2, 0) is 9.59 Å². The zero-order chi connectivity index (χ0) is 14.7. The summed E-state index contributed by atoms with van der Waals surface area (Å²) in [5, 5.41) is 24.4. The van der Waals surface area contributed by atoms with E-state index in [-0.39, 0.29) is 35.8 Å². The fourth-order valence-electron chi connectivity index (χ4n) is 1.75. The van der Waals surface area contributed by atoms with Crippen molar-refractivity contribution in [3.8, 4) is 6.07 Å². The van der Waals surface area contributed by atoms with Crippen LogP contribution < -0.4 is 10.6 Å². The Morgan fingerprint density at radius 3 is 2.90 bits per heavy atom. The van der Waals surface area contributed by atoms with Gasteiger partial charge in [0.05, 0.1) is 4.92 Å². The lowest BCUT2D eigenvalue weighted by Crippen LogP contribution is -2.47. The van der Waals surface area contributed by atoms with Crippen molar-refractivity contribution in [1.82, 2.24) is 10.3 Å². The van der Waals surface area contributed by atoms with E-state index in [0.29, 0.717) is 0 Å². The van der Waals surface area contributed by atoms with Gasteiger partial charge in [0, 0.05) is 12.5 Å². The number of nitrogens with one attached hydrogen (secondary N) is 2. The Bertz CT molecular complexity index is 636. The summed E-state index contributed by atoms with van der Waals surface area (Å²) < 4.78 is 0. The Balaban J connectivity index is 2.21. The summed E-state index contributed by atoms with van der Waals surface area (Å²) in [6, 6.07) is 2.15. The van der Waals surface area contributed by atoms with Crippen molar-refractivity contribution in [2.75, 3.05) is 5.32 Å². The summed E-state index contributed by atoms with van der Waals surface area (Å²) >= 11 is 0. The van der Waals surface area contributed by atoms with Gasteiger partial charge in [-0.15, -0.1) is 0 Å².